The molecule has 2 aliphatic carbocycles. The molecule has 0 aromatic heterocycles. The normalized spacial score (nSPS) is 18.3. The largest absolute Gasteiger partial charge is 0.483 e. The number of ketones is 2. The van der Waals surface area contributed by atoms with Crippen LogP contribution in [-0.2, 0) is 14.4 Å². The van der Waals surface area contributed by atoms with Gasteiger partial charge in [0.1, 0.15) is 5.75 Å². The summed E-state index contributed by atoms with van der Waals surface area (Å²) in [6.07, 6.45) is 4.18. The number of allylic oxidation sites excluding steroid dienone is 4. The van der Waals surface area contributed by atoms with E-state index >= 15 is 0 Å². The minimum Gasteiger partial charge on any atom is -0.483 e. The van der Waals surface area contributed by atoms with E-state index in [-0.39, 0.29) is 24.1 Å². The van der Waals surface area contributed by atoms with Crippen molar-refractivity contribution in [3.8, 4) is 5.75 Å². The maximum atomic E-state index is 13.1. The van der Waals surface area contributed by atoms with Crippen molar-refractivity contribution in [2.24, 2.45) is 0 Å². The van der Waals surface area contributed by atoms with Crippen molar-refractivity contribution < 1.29 is 19.1 Å². The van der Waals surface area contributed by atoms with E-state index in [1.807, 2.05) is 49.4 Å². The van der Waals surface area contributed by atoms with Crippen molar-refractivity contribution in [3.63, 3.8) is 0 Å². The number of carbonyl (C=O) groups excluding carboxylic acids is 3. The third-order valence-corrected chi connectivity index (χ3v) is 6.68. The van der Waals surface area contributed by atoms with Crippen LogP contribution in [0.15, 0.2) is 71.1 Å². The molecule has 2 aromatic rings. The summed E-state index contributed by atoms with van der Waals surface area (Å²) in [4.78, 5) is 38.7. The molecule has 2 aromatic carbocycles. The number of anilines is 1. The lowest BCUT2D eigenvalue weighted by atomic mass is 9.71. The zero-order valence-corrected chi connectivity index (χ0v) is 19.3. The molecule has 6 nitrogen and oxygen atoms in total. The SMILES string of the molecule is Cc1cccc(NC(=O)COc2ccccc2C2C3=C(CCCC3=O)NC3=C2C(=O)CCC3)c1. The Kier molecular flexibility index (Phi) is 6.05. The van der Waals surface area contributed by atoms with E-state index in [1.165, 1.54) is 0 Å². The van der Waals surface area contributed by atoms with Crippen molar-refractivity contribution in [2.45, 2.75) is 51.4 Å². The van der Waals surface area contributed by atoms with Crippen LogP contribution >= 0.6 is 0 Å². The van der Waals surface area contributed by atoms with E-state index < -0.39 is 5.92 Å². The van der Waals surface area contributed by atoms with Gasteiger partial charge in [0, 0.05) is 52.6 Å². The summed E-state index contributed by atoms with van der Waals surface area (Å²) >= 11 is 0. The first kappa shape index (κ1) is 22.1. The smallest absolute Gasteiger partial charge is 0.262 e. The Morgan fingerprint density at radius 3 is 2.29 bits per heavy atom. The van der Waals surface area contributed by atoms with E-state index in [2.05, 4.69) is 10.6 Å². The molecule has 1 amide bonds. The highest BCUT2D eigenvalue weighted by Crippen LogP contribution is 2.47. The molecule has 0 bridgehead atoms. The van der Waals surface area contributed by atoms with Gasteiger partial charge in [-0.3, -0.25) is 14.4 Å². The minimum atomic E-state index is -0.456. The van der Waals surface area contributed by atoms with E-state index in [0.29, 0.717) is 35.4 Å². The molecule has 6 heteroatoms. The van der Waals surface area contributed by atoms with E-state index in [0.717, 1.165) is 48.2 Å². The van der Waals surface area contributed by atoms with Crippen molar-refractivity contribution in [1.29, 1.82) is 0 Å². The number of hydrogen-bond donors (Lipinski definition) is 2. The third kappa shape index (κ3) is 4.28. The van der Waals surface area contributed by atoms with Crippen LogP contribution in [-0.4, -0.2) is 24.1 Å². The number of rotatable bonds is 5. The lowest BCUT2D eigenvalue weighted by molar-refractivity contribution is -0.119. The van der Waals surface area contributed by atoms with Crippen LogP contribution in [0.5, 0.6) is 5.75 Å². The fourth-order valence-corrected chi connectivity index (χ4v) is 5.21. The van der Waals surface area contributed by atoms with Crippen LogP contribution in [0.25, 0.3) is 0 Å². The number of para-hydroxylation sites is 1. The van der Waals surface area contributed by atoms with Gasteiger partial charge in [0.2, 0.25) is 0 Å². The number of nitrogens with one attached hydrogen (secondary N) is 2. The molecule has 5 rings (SSSR count). The Morgan fingerprint density at radius 1 is 0.941 bits per heavy atom. The highest BCUT2D eigenvalue weighted by Gasteiger charge is 2.41. The molecule has 0 saturated heterocycles. The number of benzene rings is 2. The fraction of sp³-hybridized carbons (Fsp3) is 0.321. The molecule has 0 saturated carbocycles. The topological polar surface area (TPSA) is 84.5 Å². The summed E-state index contributed by atoms with van der Waals surface area (Å²) in [5.74, 6) is -0.0496. The Morgan fingerprint density at radius 2 is 1.62 bits per heavy atom. The summed E-state index contributed by atoms with van der Waals surface area (Å²) in [5, 5.41) is 6.29. The number of amides is 1. The monoisotopic (exact) mass is 456 g/mol. The van der Waals surface area contributed by atoms with Gasteiger partial charge in [0.25, 0.3) is 5.91 Å². The highest BCUT2D eigenvalue weighted by molar-refractivity contribution is 6.06. The van der Waals surface area contributed by atoms with Crippen LogP contribution in [0.3, 0.4) is 0 Å². The molecule has 0 unspecified atom stereocenters. The van der Waals surface area contributed by atoms with Gasteiger partial charge in [-0.2, -0.15) is 0 Å². The number of carbonyl (C=O) groups is 3. The van der Waals surface area contributed by atoms with E-state index in [9.17, 15) is 14.4 Å². The van der Waals surface area contributed by atoms with Gasteiger partial charge < -0.3 is 15.4 Å². The zero-order chi connectivity index (χ0) is 23.7. The molecule has 1 heterocycles. The first-order chi connectivity index (χ1) is 16.5. The molecule has 174 valence electrons. The van der Waals surface area contributed by atoms with Crippen LogP contribution in [0.2, 0.25) is 0 Å². The van der Waals surface area contributed by atoms with Gasteiger partial charge in [-0.25, -0.2) is 0 Å². The quantitative estimate of drug-likeness (QED) is 0.681. The van der Waals surface area contributed by atoms with Crippen molar-refractivity contribution in [2.75, 3.05) is 11.9 Å². The lowest BCUT2D eigenvalue weighted by Crippen LogP contribution is -2.36. The molecular formula is C28H28N2O4. The average Bonchev–Trinajstić information content (AvgIpc) is 2.82. The van der Waals surface area contributed by atoms with Crippen molar-refractivity contribution in [1.82, 2.24) is 5.32 Å². The molecule has 0 fully saturated rings. The number of dihydropyridines is 1. The molecule has 34 heavy (non-hydrogen) atoms. The van der Waals surface area contributed by atoms with E-state index in [1.54, 1.807) is 6.07 Å². The Balaban J connectivity index is 1.45. The predicted octanol–water partition coefficient (Wildman–Crippen LogP) is 4.71. The van der Waals surface area contributed by atoms with Gasteiger partial charge in [-0.05, 0) is 56.4 Å². The average molecular weight is 457 g/mol. The minimum absolute atomic E-state index is 0.0793. The number of Topliss-reactive ketones (excluding diaryl/α,β-unsaturated/α-hetero) is 2. The Labute approximate surface area is 199 Å². The fourth-order valence-electron chi connectivity index (χ4n) is 5.21. The second-order valence-corrected chi connectivity index (χ2v) is 9.14. The Bertz CT molecular complexity index is 1200. The first-order valence-corrected chi connectivity index (χ1v) is 11.9. The molecule has 2 N–H and O–H groups in total. The van der Waals surface area contributed by atoms with Crippen molar-refractivity contribution in [3.05, 3.63) is 82.2 Å². The van der Waals surface area contributed by atoms with Gasteiger partial charge in [0.15, 0.2) is 18.2 Å². The zero-order valence-electron chi connectivity index (χ0n) is 19.3. The molecule has 0 radical (unpaired) electrons. The van der Waals surface area contributed by atoms with Crippen LogP contribution < -0.4 is 15.4 Å². The predicted molar refractivity (Wildman–Crippen MR) is 129 cm³/mol. The van der Waals surface area contributed by atoms with Crippen LogP contribution in [0.4, 0.5) is 5.69 Å². The number of hydrogen-bond acceptors (Lipinski definition) is 5. The van der Waals surface area contributed by atoms with Gasteiger partial charge in [-0.15, -0.1) is 0 Å². The molecule has 3 aliphatic rings. The maximum Gasteiger partial charge on any atom is 0.262 e. The third-order valence-electron chi connectivity index (χ3n) is 6.68. The van der Waals surface area contributed by atoms with E-state index in [4.69, 9.17) is 4.74 Å². The van der Waals surface area contributed by atoms with Crippen LogP contribution in [0, 0.1) is 6.92 Å². The Hall–Kier alpha value is -3.67. The van der Waals surface area contributed by atoms with Gasteiger partial charge >= 0.3 is 0 Å². The van der Waals surface area contributed by atoms with Crippen molar-refractivity contribution >= 4 is 23.2 Å². The lowest BCUT2D eigenvalue weighted by Gasteiger charge is -2.37. The molecule has 0 spiro atoms. The maximum absolute atomic E-state index is 13.1. The standard InChI is InChI=1S/C28H28N2O4/c1-17-7-4-8-18(15-17)29-25(33)16-34-24-14-3-2-9-19(24)26-27-20(10-5-12-22(27)31)30-21-11-6-13-23(32)28(21)26/h2-4,7-9,14-15,26,30H,5-6,10-13,16H2,1H3,(H,29,33). The molecule has 1 aliphatic heterocycles. The summed E-state index contributed by atoms with van der Waals surface area (Å²) in [7, 11) is 0. The number of aryl methyl sites for hydroxylation is 1. The molecular weight excluding hydrogens is 428 g/mol. The second kappa shape index (κ2) is 9.29. The number of ether oxygens (including phenoxy) is 1. The summed E-state index contributed by atoms with van der Waals surface area (Å²) < 4.78 is 5.98. The first-order valence-electron chi connectivity index (χ1n) is 11.9. The van der Waals surface area contributed by atoms with Gasteiger partial charge in [-0.1, -0.05) is 30.3 Å². The second-order valence-electron chi connectivity index (χ2n) is 9.14. The summed E-state index contributed by atoms with van der Waals surface area (Å²) in [5.41, 5.74) is 5.75. The van der Waals surface area contributed by atoms with Crippen LogP contribution in [0.1, 0.15) is 55.6 Å². The molecule has 0 atom stereocenters. The van der Waals surface area contributed by atoms with Gasteiger partial charge in [0.05, 0.1) is 0 Å². The highest BCUT2D eigenvalue weighted by atomic mass is 16.5. The summed E-state index contributed by atoms with van der Waals surface area (Å²) in [6.45, 7) is 1.79. The summed E-state index contributed by atoms with van der Waals surface area (Å²) in [6, 6.07) is 15.0.